The normalized spacial score (nSPS) is 11.3. The van der Waals surface area contributed by atoms with Crippen LogP contribution >= 0.6 is 0 Å². The molecule has 2 atom stereocenters. The average Bonchev–Trinajstić information content (AvgIpc) is 3.12. The van der Waals surface area contributed by atoms with E-state index in [2.05, 4.69) is 12.1 Å². The van der Waals surface area contributed by atoms with Crippen LogP contribution in [0.3, 0.4) is 0 Å². The summed E-state index contributed by atoms with van der Waals surface area (Å²) in [6.45, 7) is 9.47. The first-order chi connectivity index (χ1) is 23.1. The predicted molar refractivity (Wildman–Crippen MR) is 186 cm³/mol. The second kappa shape index (κ2) is 22.1. The van der Waals surface area contributed by atoms with E-state index in [4.69, 9.17) is 9.47 Å². The Bertz CT molecular complexity index is 1600. The van der Waals surface area contributed by atoms with E-state index >= 15 is 0 Å². The minimum Gasteiger partial charge on any atom is -1.00 e. The lowest BCUT2D eigenvalue weighted by Gasteiger charge is -2.16. The maximum absolute atomic E-state index is 11.8. The molecule has 0 spiro atoms. The van der Waals surface area contributed by atoms with Gasteiger partial charge in [0.1, 0.15) is 13.1 Å². The molecule has 0 aromatic heterocycles. The maximum Gasteiger partial charge on any atom is 0.364 e. The third-order valence-electron chi connectivity index (χ3n) is 8.22. The molecule has 0 fully saturated rings. The van der Waals surface area contributed by atoms with Crippen LogP contribution < -0.4 is 35.4 Å². The molecule has 0 radical (unpaired) electrons. The van der Waals surface area contributed by atoms with Crippen molar-refractivity contribution < 1.29 is 54.5 Å². The number of benzene rings is 4. The summed E-state index contributed by atoms with van der Waals surface area (Å²) in [6, 6.07) is 35.4. The lowest BCUT2D eigenvalue weighted by atomic mass is 9.99. The SMILES string of the molecule is COC(=O)[C@@H]([NH2+]Cc1ccc(-c2ccccc2C#N)cc1)C(C)C.COC(=O)[C@@H]([NH2+]Cc1ccc(-c2ccccc2C#N)cc1)C(C)C.[Cl-].[Cl-]. The first-order valence-corrected chi connectivity index (χ1v) is 16.1. The highest BCUT2D eigenvalue weighted by Gasteiger charge is 2.27. The predicted octanol–water partition coefficient (Wildman–Crippen LogP) is -1.02. The summed E-state index contributed by atoms with van der Waals surface area (Å²) in [7, 11) is 2.85. The van der Waals surface area contributed by atoms with E-state index in [1.165, 1.54) is 14.2 Å². The molecule has 4 N–H and O–H groups in total. The van der Waals surface area contributed by atoms with Gasteiger partial charge in [-0.2, -0.15) is 10.5 Å². The summed E-state index contributed by atoms with van der Waals surface area (Å²) in [5.74, 6) is 0.0348. The molecule has 0 saturated heterocycles. The fraction of sp³-hybridized carbons (Fsp3) is 0.300. The summed E-state index contributed by atoms with van der Waals surface area (Å²) >= 11 is 0. The number of methoxy groups -OCH3 is 2. The highest BCUT2D eigenvalue weighted by Crippen LogP contribution is 2.24. The molecule has 0 aliphatic carbocycles. The van der Waals surface area contributed by atoms with Gasteiger partial charge < -0.3 is 44.9 Å². The number of halogens is 2. The maximum atomic E-state index is 11.8. The summed E-state index contributed by atoms with van der Waals surface area (Å²) in [5.41, 5.74) is 7.50. The van der Waals surface area contributed by atoms with E-state index in [-0.39, 0.29) is 60.7 Å². The highest BCUT2D eigenvalue weighted by molar-refractivity contribution is 5.75. The molecule has 50 heavy (non-hydrogen) atoms. The molecule has 0 heterocycles. The van der Waals surface area contributed by atoms with Crippen molar-refractivity contribution in [2.45, 2.75) is 52.9 Å². The minimum atomic E-state index is -0.200. The quantitative estimate of drug-likeness (QED) is 0.181. The number of rotatable bonds is 12. The van der Waals surface area contributed by atoms with Crippen molar-refractivity contribution in [1.82, 2.24) is 0 Å². The molecule has 0 bridgehead atoms. The van der Waals surface area contributed by atoms with Crippen LogP contribution in [0, 0.1) is 34.5 Å². The Balaban J connectivity index is 0.000000481. The molecule has 0 unspecified atom stereocenters. The zero-order chi connectivity index (χ0) is 35.1. The Morgan fingerprint density at radius 2 is 0.900 bits per heavy atom. The van der Waals surface area contributed by atoms with Crippen LogP contribution in [-0.2, 0) is 32.2 Å². The number of esters is 2. The first-order valence-electron chi connectivity index (χ1n) is 16.1. The van der Waals surface area contributed by atoms with E-state index < -0.39 is 0 Å². The number of carbonyl (C=O) groups is 2. The van der Waals surface area contributed by atoms with E-state index in [1.807, 2.05) is 135 Å². The van der Waals surface area contributed by atoms with Gasteiger partial charge in [0.15, 0.2) is 12.1 Å². The second-order valence-electron chi connectivity index (χ2n) is 12.2. The van der Waals surface area contributed by atoms with Crippen LogP contribution in [0.2, 0.25) is 0 Å². The van der Waals surface area contributed by atoms with Crippen LogP contribution in [0.25, 0.3) is 22.3 Å². The molecular weight excluding hydrogens is 671 g/mol. The lowest BCUT2D eigenvalue weighted by molar-refractivity contribution is -0.698. The molecular formula is C40H46Cl2N4O4. The largest absolute Gasteiger partial charge is 1.00 e. The smallest absolute Gasteiger partial charge is 0.364 e. The van der Waals surface area contributed by atoms with Crippen molar-refractivity contribution in [2.75, 3.05) is 14.2 Å². The zero-order valence-corrected chi connectivity index (χ0v) is 30.9. The van der Waals surface area contributed by atoms with Crippen molar-refractivity contribution in [3.05, 3.63) is 119 Å². The van der Waals surface area contributed by atoms with Crippen LogP contribution in [-0.4, -0.2) is 38.2 Å². The van der Waals surface area contributed by atoms with Gasteiger partial charge in [-0.15, -0.1) is 0 Å². The van der Waals surface area contributed by atoms with Crippen molar-refractivity contribution in [1.29, 1.82) is 10.5 Å². The number of ether oxygens (including phenoxy) is 2. The second-order valence-corrected chi connectivity index (χ2v) is 12.2. The van der Waals surface area contributed by atoms with Crippen LogP contribution in [0.4, 0.5) is 0 Å². The molecule has 0 aliphatic heterocycles. The third-order valence-corrected chi connectivity index (χ3v) is 8.22. The summed E-state index contributed by atoms with van der Waals surface area (Å²) in [4.78, 5) is 23.6. The Morgan fingerprint density at radius 3 is 1.18 bits per heavy atom. The monoisotopic (exact) mass is 716 g/mol. The minimum absolute atomic E-state index is 0. The average molecular weight is 718 g/mol. The lowest BCUT2D eigenvalue weighted by Crippen LogP contribution is -3.00. The van der Waals surface area contributed by atoms with Crippen molar-refractivity contribution in [2.24, 2.45) is 11.8 Å². The fourth-order valence-corrected chi connectivity index (χ4v) is 5.38. The van der Waals surface area contributed by atoms with Gasteiger partial charge in [0.25, 0.3) is 0 Å². The van der Waals surface area contributed by atoms with Gasteiger partial charge in [-0.3, -0.25) is 0 Å². The highest BCUT2D eigenvalue weighted by atomic mass is 35.5. The Hall–Kier alpha value is -4.70. The first kappa shape index (κ1) is 43.3. The van der Waals surface area contributed by atoms with Crippen molar-refractivity contribution >= 4 is 11.9 Å². The summed E-state index contributed by atoms with van der Waals surface area (Å²) < 4.78 is 9.73. The number of hydrogen-bond acceptors (Lipinski definition) is 6. The molecule has 4 rings (SSSR count). The van der Waals surface area contributed by atoms with Gasteiger partial charge in [0.05, 0.1) is 37.5 Å². The number of hydrogen-bond donors (Lipinski definition) is 2. The number of nitrogens with two attached hydrogens (primary N) is 2. The molecule has 0 amide bonds. The third kappa shape index (κ3) is 12.3. The van der Waals surface area contributed by atoms with E-state index in [9.17, 15) is 20.1 Å². The zero-order valence-electron chi connectivity index (χ0n) is 29.4. The van der Waals surface area contributed by atoms with Gasteiger partial charge in [-0.25, -0.2) is 9.59 Å². The molecule has 10 heteroatoms. The van der Waals surface area contributed by atoms with Gasteiger partial charge in [0, 0.05) is 23.0 Å². The Kier molecular flexibility index (Phi) is 19.2. The molecule has 8 nitrogen and oxygen atoms in total. The van der Waals surface area contributed by atoms with Crippen molar-refractivity contribution in [3.63, 3.8) is 0 Å². The Morgan fingerprint density at radius 1 is 0.580 bits per heavy atom. The number of quaternary nitrogens is 2. The molecule has 264 valence electrons. The van der Waals surface area contributed by atoms with Crippen LogP contribution in [0.1, 0.15) is 49.9 Å². The van der Waals surface area contributed by atoms with Crippen LogP contribution in [0.5, 0.6) is 0 Å². The number of nitriles is 2. The van der Waals surface area contributed by atoms with Gasteiger partial charge in [-0.05, 0) is 34.4 Å². The molecule has 4 aromatic rings. The Labute approximate surface area is 308 Å². The number of carbonyl (C=O) groups excluding carboxylic acids is 2. The van der Waals surface area contributed by atoms with Crippen LogP contribution in [0.15, 0.2) is 97.1 Å². The van der Waals surface area contributed by atoms with Crippen molar-refractivity contribution in [3.8, 4) is 34.4 Å². The van der Waals surface area contributed by atoms with E-state index in [1.54, 1.807) is 0 Å². The fourth-order valence-electron chi connectivity index (χ4n) is 5.38. The standard InChI is InChI=1S/2C20H22N2O2.2ClH/c2*1-14(2)19(20(23)24-3)22-13-15-8-10-16(11-9-15)18-7-5-4-6-17(18)12-21;;/h2*4-11,14,19,22H,13H2,1-3H3;2*1H/t2*19-;;/m00../s1. The topological polar surface area (TPSA) is 133 Å². The molecule has 4 aromatic carbocycles. The summed E-state index contributed by atoms with van der Waals surface area (Å²) in [5, 5.41) is 22.4. The number of nitrogens with zero attached hydrogens (tertiary/aromatic N) is 2. The van der Waals surface area contributed by atoms with Gasteiger partial charge >= 0.3 is 11.9 Å². The summed E-state index contributed by atoms with van der Waals surface area (Å²) in [6.07, 6.45) is 0. The van der Waals surface area contributed by atoms with Gasteiger partial charge in [-0.1, -0.05) is 113 Å². The van der Waals surface area contributed by atoms with Gasteiger partial charge in [0.2, 0.25) is 0 Å². The van der Waals surface area contributed by atoms with E-state index in [0.717, 1.165) is 33.4 Å². The molecule has 0 saturated carbocycles. The van der Waals surface area contributed by atoms with E-state index in [0.29, 0.717) is 24.2 Å². The molecule has 0 aliphatic rings.